The lowest BCUT2D eigenvalue weighted by Crippen LogP contribution is -2.30. The Morgan fingerprint density at radius 1 is 1.47 bits per heavy atom. The number of hydrogen-bond acceptors (Lipinski definition) is 4. The normalized spacial score (nSPS) is 23.4. The van der Waals surface area contributed by atoms with Gasteiger partial charge in [0, 0.05) is 17.9 Å². The fourth-order valence-electron chi connectivity index (χ4n) is 2.61. The Kier molecular flexibility index (Phi) is 4.58. The molecule has 2 atom stereocenters. The maximum Gasteiger partial charge on any atom is 0.150 e. The molecule has 5 heteroatoms. The number of rotatable bonds is 5. The summed E-state index contributed by atoms with van der Waals surface area (Å²) < 4.78 is 23.3. The highest BCUT2D eigenvalue weighted by atomic mass is 32.2. The Morgan fingerprint density at radius 2 is 2.26 bits per heavy atom. The lowest BCUT2D eigenvalue weighted by Gasteiger charge is -2.24. The Morgan fingerprint density at radius 3 is 2.79 bits per heavy atom. The van der Waals surface area contributed by atoms with Crippen LogP contribution >= 0.6 is 0 Å². The van der Waals surface area contributed by atoms with Crippen molar-refractivity contribution in [3.8, 4) is 0 Å². The van der Waals surface area contributed by atoms with Crippen molar-refractivity contribution in [3.63, 3.8) is 0 Å². The molecule has 0 bridgehead atoms. The highest BCUT2D eigenvalue weighted by molar-refractivity contribution is 7.91. The van der Waals surface area contributed by atoms with Crippen LogP contribution in [0.15, 0.2) is 18.3 Å². The molecule has 1 N–H and O–H groups in total. The van der Waals surface area contributed by atoms with E-state index >= 15 is 0 Å². The predicted molar refractivity (Wildman–Crippen MR) is 76.8 cm³/mol. The minimum absolute atomic E-state index is 0.102. The van der Waals surface area contributed by atoms with Gasteiger partial charge < -0.3 is 5.32 Å². The zero-order valence-electron chi connectivity index (χ0n) is 11.6. The van der Waals surface area contributed by atoms with Crippen LogP contribution < -0.4 is 5.32 Å². The summed E-state index contributed by atoms with van der Waals surface area (Å²) >= 11 is 0. The summed E-state index contributed by atoms with van der Waals surface area (Å²) in [7, 11) is -2.84. The van der Waals surface area contributed by atoms with Gasteiger partial charge in [0.05, 0.1) is 11.5 Å². The van der Waals surface area contributed by atoms with Crippen molar-refractivity contribution in [2.24, 2.45) is 5.92 Å². The van der Waals surface area contributed by atoms with Crippen LogP contribution in [0.5, 0.6) is 0 Å². The van der Waals surface area contributed by atoms with Gasteiger partial charge in [0.2, 0.25) is 0 Å². The number of nitrogens with one attached hydrogen (secondary N) is 1. The van der Waals surface area contributed by atoms with Gasteiger partial charge in [-0.3, -0.25) is 4.98 Å². The van der Waals surface area contributed by atoms with Crippen molar-refractivity contribution < 1.29 is 8.42 Å². The van der Waals surface area contributed by atoms with Crippen molar-refractivity contribution >= 4 is 9.84 Å². The average Bonchev–Trinajstić information content (AvgIpc) is 2.72. The second-order valence-corrected chi connectivity index (χ2v) is 7.56. The molecule has 106 valence electrons. The second-order valence-electron chi connectivity index (χ2n) is 5.33. The van der Waals surface area contributed by atoms with Gasteiger partial charge in [-0.1, -0.05) is 13.0 Å². The van der Waals surface area contributed by atoms with E-state index in [4.69, 9.17) is 0 Å². The van der Waals surface area contributed by atoms with E-state index in [1.165, 1.54) is 0 Å². The molecule has 0 aromatic carbocycles. The van der Waals surface area contributed by atoms with Crippen LogP contribution in [0.1, 0.15) is 37.1 Å². The molecule has 19 heavy (non-hydrogen) atoms. The summed E-state index contributed by atoms with van der Waals surface area (Å²) in [6.45, 7) is 4.97. The first-order chi connectivity index (χ1) is 9.02. The molecule has 1 aliphatic heterocycles. The SMILES string of the molecule is CCCNC(c1ccc(C)nc1)C1CCS(=O)(=O)C1. The molecule has 4 nitrogen and oxygen atoms in total. The smallest absolute Gasteiger partial charge is 0.150 e. The minimum atomic E-state index is -2.84. The quantitative estimate of drug-likeness (QED) is 0.895. The molecule has 2 rings (SSSR count). The third kappa shape index (κ3) is 3.76. The first-order valence-electron chi connectivity index (χ1n) is 6.88. The Labute approximate surface area is 115 Å². The van der Waals surface area contributed by atoms with E-state index in [0.29, 0.717) is 11.5 Å². The summed E-state index contributed by atoms with van der Waals surface area (Å²) in [5.74, 6) is 0.782. The molecule has 0 aliphatic carbocycles. The van der Waals surface area contributed by atoms with Gasteiger partial charge in [0.1, 0.15) is 0 Å². The highest BCUT2D eigenvalue weighted by Crippen LogP contribution is 2.31. The second kappa shape index (κ2) is 6.01. The van der Waals surface area contributed by atoms with Crippen LogP contribution in [0, 0.1) is 12.8 Å². The number of aryl methyl sites for hydroxylation is 1. The molecule has 1 aromatic rings. The van der Waals surface area contributed by atoms with E-state index in [0.717, 1.165) is 30.6 Å². The Balaban J connectivity index is 2.18. The molecular weight excluding hydrogens is 260 g/mol. The molecule has 0 amide bonds. The lowest BCUT2D eigenvalue weighted by atomic mass is 9.93. The average molecular weight is 282 g/mol. The molecule has 0 spiro atoms. The van der Waals surface area contributed by atoms with E-state index in [9.17, 15) is 8.42 Å². The van der Waals surface area contributed by atoms with Crippen molar-refractivity contribution in [2.75, 3.05) is 18.1 Å². The van der Waals surface area contributed by atoms with E-state index in [2.05, 4.69) is 23.3 Å². The van der Waals surface area contributed by atoms with Gasteiger partial charge in [0.25, 0.3) is 0 Å². The molecule has 0 radical (unpaired) electrons. The van der Waals surface area contributed by atoms with Gasteiger partial charge in [-0.2, -0.15) is 0 Å². The maximum atomic E-state index is 11.7. The summed E-state index contributed by atoms with van der Waals surface area (Å²) in [5, 5.41) is 3.48. The Bertz CT molecular complexity index is 511. The van der Waals surface area contributed by atoms with Gasteiger partial charge >= 0.3 is 0 Å². The molecular formula is C14H22N2O2S. The van der Waals surface area contributed by atoms with Crippen molar-refractivity contribution in [2.45, 2.75) is 32.7 Å². The van der Waals surface area contributed by atoms with Gasteiger partial charge in [-0.15, -0.1) is 0 Å². The van der Waals surface area contributed by atoms with Gasteiger partial charge in [-0.05, 0) is 43.9 Å². The summed E-state index contributed by atoms with van der Waals surface area (Å²) in [5.41, 5.74) is 2.08. The first-order valence-corrected chi connectivity index (χ1v) is 8.70. The molecule has 1 aliphatic rings. The molecule has 1 fully saturated rings. The number of hydrogen-bond donors (Lipinski definition) is 1. The van der Waals surface area contributed by atoms with Crippen LogP contribution in [0.3, 0.4) is 0 Å². The van der Waals surface area contributed by atoms with Crippen LogP contribution in [0.25, 0.3) is 0 Å². The third-order valence-electron chi connectivity index (χ3n) is 3.65. The highest BCUT2D eigenvalue weighted by Gasteiger charge is 2.34. The fourth-order valence-corrected chi connectivity index (χ4v) is 4.45. The summed E-state index contributed by atoms with van der Waals surface area (Å²) in [6.07, 6.45) is 3.65. The van der Waals surface area contributed by atoms with E-state index in [-0.39, 0.29) is 12.0 Å². The van der Waals surface area contributed by atoms with Crippen molar-refractivity contribution in [1.82, 2.24) is 10.3 Å². The zero-order chi connectivity index (χ0) is 13.9. The van der Waals surface area contributed by atoms with Crippen molar-refractivity contribution in [3.05, 3.63) is 29.6 Å². The summed E-state index contributed by atoms with van der Waals surface area (Å²) in [4.78, 5) is 4.33. The molecule has 1 saturated heterocycles. The topological polar surface area (TPSA) is 59.1 Å². The number of nitrogens with zero attached hydrogens (tertiary/aromatic N) is 1. The maximum absolute atomic E-state index is 11.7. The minimum Gasteiger partial charge on any atom is -0.310 e. The van der Waals surface area contributed by atoms with E-state index < -0.39 is 9.84 Å². The third-order valence-corrected chi connectivity index (χ3v) is 5.44. The van der Waals surface area contributed by atoms with Crippen LogP contribution in [-0.2, 0) is 9.84 Å². The van der Waals surface area contributed by atoms with Gasteiger partial charge in [-0.25, -0.2) is 8.42 Å². The lowest BCUT2D eigenvalue weighted by molar-refractivity contribution is 0.392. The van der Waals surface area contributed by atoms with E-state index in [1.807, 2.05) is 19.2 Å². The number of sulfone groups is 1. The molecule has 2 heterocycles. The molecule has 2 unspecified atom stereocenters. The van der Waals surface area contributed by atoms with Crippen LogP contribution in [0.2, 0.25) is 0 Å². The monoisotopic (exact) mass is 282 g/mol. The number of aromatic nitrogens is 1. The zero-order valence-corrected chi connectivity index (χ0v) is 12.4. The predicted octanol–water partition coefficient (Wildman–Crippen LogP) is 1.87. The fraction of sp³-hybridized carbons (Fsp3) is 0.643. The number of pyridine rings is 1. The largest absolute Gasteiger partial charge is 0.310 e. The summed E-state index contributed by atoms with van der Waals surface area (Å²) in [6, 6.07) is 4.14. The van der Waals surface area contributed by atoms with Gasteiger partial charge in [0.15, 0.2) is 9.84 Å². The Hall–Kier alpha value is -0.940. The van der Waals surface area contributed by atoms with E-state index in [1.54, 1.807) is 0 Å². The molecule has 0 saturated carbocycles. The van der Waals surface area contributed by atoms with Crippen LogP contribution in [0.4, 0.5) is 0 Å². The van der Waals surface area contributed by atoms with Crippen LogP contribution in [-0.4, -0.2) is 31.5 Å². The first kappa shape index (κ1) is 14.5. The van der Waals surface area contributed by atoms with Crippen molar-refractivity contribution in [1.29, 1.82) is 0 Å². The molecule has 1 aromatic heterocycles. The standard InChI is InChI=1S/C14H22N2O2S/c1-3-7-15-14(12-5-4-11(2)16-9-12)13-6-8-19(17,18)10-13/h4-5,9,13-15H,3,6-8,10H2,1-2H3.